The molecule has 0 amide bonds. The van der Waals surface area contributed by atoms with E-state index in [0.717, 1.165) is 12.8 Å². The first-order valence-electron chi connectivity index (χ1n) is 4.48. The van der Waals surface area contributed by atoms with Crippen molar-refractivity contribution in [3.63, 3.8) is 0 Å². The summed E-state index contributed by atoms with van der Waals surface area (Å²) < 4.78 is 13.4. The molecule has 4 nitrogen and oxygen atoms in total. The van der Waals surface area contributed by atoms with Gasteiger partial charge in [0.15, 0.2) is 0 Å². The van der Waals surface area contributed by atoms with Crippen molar-refractivity contribution >= 4 is 14.7 Å². The lowest BCUT2D eigenvalue weighted by Gasteiger charge is -2.11. The summed E-state index contributed by atoms with van der Waals surface area (Å²) in [6.07, 6.45) is 5.38. The number of esters is 1. The molecule has 0 rings (SSSR count). The van der Waals surface area contributed by atoms with Crippen LogP contribution in [0.5, 0.6) is 0 Å². The van der Waals surface area contributed by atoms with Crippen LogP contribution in [0, 0.1) is 5.92 Å². The summed E-state index contributed by atoms with van der Waals surface area (Å²) in [5.74, 6) is 0.108. The zero-order chi connectivity index (χ0) is 12.1. The van der Waals surface area contributed by atoms with Gasteiger partial charge in [0.05, 0.1) is 6.61 Å². The van der Waals surface area contributed by atoms with Crippen LogP contribution in [-0.2, 0) is 14.1 Å². The Morgan fingerprint density at radius 2 is 1.87 bits per heavy atom. The highest BCUT2D eigenvalue weighted by molar-refractivity contribution is 7.16. The summed E-state index contributed by atoms with van der Waals surface area (Å²) in [6.45, 7) is 9.15. The van der Waals surface area contributed by atoms with Crippen molar-refractivity contribution in [2.75, 3.05) is 6.61 Å². The first-order valence-corrected chi connectivity index (χ1v) is 5.34. The quantitative estimate of drug-likeness (QED) is 0.434. The fourth-order valence-electron chi connectivity index (χ4n) is 0.939. The van der Waals surface area contributed by atoms with Crippen molar-refractivity contribution in [1.82, 2.24) is 0 Å². The van der Waals surface area contributed by atoms with Gasteiger partial charge in [-0.15, -0.1) is 13.2 Å². The lowest BCUT2D eigenvalue weighted by atomic mass is 10.0. The zero-order valence-electron chi connectivity index (χ0n) is 8.94. The third-order valence-corrected chi connectivity index (χ3v) is 1.52. The predicted molar refractivity (Wildman–Crippen MR) is 61.0 cm³/mol. The minimum atomic E-state index is -1.17. The average Bonchev–Trinajstić information content (AvgIpc) is 2.16. The minimum Gasteiger partial charge on any atom is -0.466 e. The Labute approximate surface area is 91.9 Å². The lowest BCUT2D eigenvalue weighted by Crippen LogP contribution is -2.10. The van der Waals surface area contributed by atoms with Crippen LogP contribution in [-0.4, -0.2) is 17.5 Å². The van der Waals surface area contributed by atoms with Crippen LogP contribution in [0.2, 0.25) is 0 Å². The van der Waals surface area contributed by atoms with Gasteiger partial charge in [0.1, 0.15) is 0 Å². The number of ether oxygens (including phenoxy) is 1. The van der Waals surface area contributed by atoms with Gasteiger partial charge in [0, 0.05) is 6.92 Å². The Morgan fingerprint density at radius 3 is 2.13 bits per heavy atom. The molecular formula is C10H18O4P+. The molecule has 5 heteroatoms. The second-order valence-electron chi connectivity index (χ2n) is 2.81. The van der Waals surface area contributed by atoms with Gasteiger partial charge in [0.2, 0.25) is 0 Å². The van der Waals surface area contributed by atoms with Crippen LogP contribution in [0.4, 0.5) is 0 Å². The number of carbonyl (C=O) groups excluding carboxylic acids is 1. The second kappa shape index (κ2) is 13.0. The Hall–Kier alpha value is -0.990. The van der Waals surface area contributed by atoms with E-state index in [2.05, 4.69) is 13.2 Å². The van der Waals surface area contributed by atoms with E-state index in [4.69, 9.17) is 14.2 Å². The van der Waals surface area contributed by atoms with Gasteiger partial charge in [-0.2, -0.15) is 4.89 Å². The molecule has 1 unspecified atom stereocenters. The Bertz CT molecular complexity index is 194. The summed E-state index contributed by atoms with van der Waals surface area (Å²) in [7, 11) is -1.17. The smallest absolute Gasteiger partial charge is 0.466 e. The van der Waals surface area contributed by atoms with E-state index < -0.39 is 8.69 Å². The fraction of sp³-hybridized carbons (Fsp3) is 0.500. The molecule has 0 fully saturated rings. The molecule has 0 aliphatic heterocycles. The predicted octanol–water partition coefficient (Wildman–Crippen LogP) is 2.24. The van der Waals surface area contributed by atoms with Crippen LogP contribution in [0.3, 0.4) is 0 Å². The normalized spacial score (nSPS) is 9.00. The van der Waals surface area contributed by atoms with Crippen LogP contribution in [0.15, 0.2) is 25.3 Å². The van der Waals surface area contributed by atoms with Crippen LogP contribution >= 0.6 is 8.69 Å². The molecule has 0 aromatic heterocycles. The Morgan fingerprint density at radius 1 is 1.47 bits per heavy atom. The highest BCUT2D eigenvalue weighted by Crippen LogP contribution is 2.10. The van der Waals surface area contributed by atoms with Gasteiger partial charge in [-0.25, -0.2) is 0 Å². The second-order valence-corrected chi connectivity index (χ2v) is 2.99. The SMILES string of the molecule is C=CCC(CC=C)COC(C)=O.O=[PH+]O. The standard InChI is InChI=1S/C10H16O2.HO2P/c1-4-6-10(7-5-2)8-12-9(3)11;1-3-2/h4-5,10H,1-2,6-8H2,3H3;3H/p+1. The molecular weight excluding hydrogens is 215 g/mol. The van der Waals surface area contributed by atoms with Crippen molar-refractivity contribution < 1.29 is 19.0 Å². The molecule has 0 aromatic rings. The molecule has 0 saturated heterocycles. The maximum absolute atomic E-state index is 10.5. The summed E-state index contributed by atoms with van der Waals surface area (Å²) in [4.78, 5) is 17.5. The van der Waals surface area contributed by atoms with Gasteiger partial charge in [-0.05, 0) is 23.3 Å². The van der Waals surface area contributed by atoms with Crippen molar-refractivity contribution in [2.24, 2.45) is 5.92 Å². The molecule has 0 aliphatic carbocycles. The fourth-order valence-corrected chi connectivity index (χ4v) is 0.939. The van der Waals surface area contributed by atoms with Crippen molar-refractivity contribution in [2.45, 2.75) is 19.8 Å². The summed E-state index contributed by atoms with van der Waals surface area (Å²) in [6, 6.07) is 0. The molecule has 1 atom stereocenters. The summed E-state index contributed by atoms with van der Waals surface area (Å²) in [5, 5.41) is 0. The van der Waals surface area contributed by atoms with Crippen molar-refractivity contribution in [3.05, 3.63) is 25.3 Å². The van der Waals surface area contributed by atoms with Gasteiger partial charge >= 0.3 is 14.7 Å². The van der Waals surface area contributed by atoms with Gasteiger partial charge in [0.25, 0.3) is 0 Å². The molecule has 0 bridgehead atoms. The van der Waals surface area contributed by atoms with E-state index in [-0.39, 0.29) is 5.97 Å². The lowest BCUT2D eigenvalue weighted by molar-refractivity contribution is -0.142. The van der Waals surface area contributed by atoms with Gasteiger partial charge in [-0.3, -0.25) is 4.79 Å². The molecule has 1 N–H and O–H groups in total. The third kappa shape index (κ3) is 15.7. The highest BCUT2D eigenvalue weighted by atomic mass is 31.1. The van der Waals surface area contributed by atoms with E-state index in [9.17, 15) is 4.79 Å². The Balaban J connectivity index is 0. The topological polar surface area (TPSA) is 63.6 Å². The molecule has 0 radical (unpaired) electrons. The van der Waals surface area contributed by atoms with E-state index in [1.54, 1.807) is 0 Å². The molecule has 0 saturated carbocycles. The maximum Gasteiger partial charge on any atom is 0.491 e. The number of rotatable bonds is 6. The van der Waals surface area contributed by atoms with Gasteiger partial charge < -0.3 is 4.74 Å². The summed E-state index contributed by atoms with van der Waals surface area (Å²) in [5.41, 5.74) is 0. The van der Waals surface area contributed by atoms with Crippen molar-refractivity contribution in [1.29, 1.82) is 0 Å². The van der Waals surface area contributed by atoms with E-state index >= 15 is 0 Å². The first kappa shape index (κ1) is 16.4. The van der Waals surface area contributed by atoms with E-state index in [1.165, 1.54) is 6.92 Å². The van der Waals surface area contributed by atoms with E-state index in [1.807, 2.05) is 12.2 Å². The van der Waals surface area contributed by atoms with Crippen molar-refractivity contribution in [3.8, 4) is 0 Å². The largest absolute Gasteiger partial charge is 0.491 e. The number of allylic oxidation sites excluding steroid dienone is 2. The molecule has 0 aliphatic rings. The third-order valence-electron chi connectivity index (χ3n) is 1.52. The first-order chi connectivity index (χ1) is 7.12. The number of hydrogen-bond donors (Lipinski definition) is 1. The van der Waals surface area contributed by atoms with Gasteiger partial charge in [-0.1, -0.05) is 12.2 Å². The van der Waals surface area contributed by atoms with Crippen LogP contribution in [0.1, 0.15) is 19.8 Å². The highest BCUT2D eigenvalue weighted by Gasteiger charge is 2.06. The maximum atomic E-state index is 10.5. The van der Waals surface area contributed by atoms with E-state index in [0.29, 0.717) is 12.5 Å². The number of carbonyl (C=O) groups is 1. The summed E-state index contributed by atoms with van der Waals surface area (Å²) >= 11 is 0. The minimum absolute atomic E-state index is 0.229. The number of hydrogen-bond acceptors (Lipinski definition) is 3. The zero-order valence-corrected chi connectivity index (χ0v) is 9.94. The monoisotopic (exact) mass is 233 g/mol. The molecule has 0 spiro atoms. The van der Waals surface area contributed by atoms with Crippen LogP contribution < -0.4 is 0 Å². The molecule has 0 heterocycles. The average molecular weight is 233 g/mol. The Kier molecular flexibility index (Phi) is 14.3. The molecule has 0 aromatic carbocycles. The van der Waals surface area contributed by atoms with Crippen LogP contribution in [0.25, 0.3) is 0 Å². The molecule has 86 valence electrons. The molecule has 15 heavy (non-hydrogen) atoms.